The first-order chi connectivity index (χ1) is 8.87. The minimum Gasteiger partial charge on any atom is -0.352 e. The van der Waals surface area contributed by atoms with Crippen molar-refractivity contribution in [3.8, 4) is 6.07 Å². The number of nitrogens with zero attached hydrogens (tertiary/aromatic N) is 3. The summed E-state index contributed by atoms with van der Waals surface area (Å²) in [5.74, 6) is 0.573. The lowest BCUT2D eigenvalue weighted by Crippen LogP contribution is -2.62. The largest absolute Gasteiger partial charge is 0.352 e. The number of anilines is 1. The van der Waals surface area contributed by atoms with Crippen LogP contribution in [-0.4, -0.2) is 29.5 Å². The summed E-state index contributed by atoms with van der Waals surface area (Å²) in [7, 11) is 0. The van der Waals surface area contributed by atoms with E-state index in [4.69, 9.17) is 0 Å². The van der Waals surface area contributed by atoms with Gasteiger partial charge >= 0.3 is 0 Å². The molecule has 1 fully saturated rings. The lowest BCUT2D eigenvalue weighted by molar-refractivity contribution is -0.126. The van der Waals surface area contributed by atoms with Crippen LogP contribution in [0.3, 0.4) is 0 Å². The second-order valence-electron chi connectivity index (χ2n) is 5.36. The molecule has 2 rings (SSSR count). The fourth-order valence-corrected chi connectivity index (χ4v) is 2.42. The van der Waals surface area contributed by atoms with Crippen LogP contribution in [0, 0.1) is 25.2 Å². The van der Waals surface area contributed by atoms with Crippen molar-refractivity contribution in [1.82, 2.24) is 10.3 Å². The quantitative estimate of drug-likeness (QED) is 0.824. The summed E-state index contributed by atoms with van der Waals surface area (Å²) in [6, 6.07) is 4.09. The van der Waals surface area contributed by atoms with Crippen molar-refractivity contribution >= 4 is 11.7 Å². The number of piperazine rings is 1. The molecule has 0 aromatic carbocycles. The summed E-state index contributed by atoms with van der Waals surface area (Å²) in [6.45, 7) is 8.72. The van der Waals surface area contributed by atoms with Crippen LogP contribution in [0.1, 0.15) is 30.7 Å². The molecule has 1 aromatic rings. The Morgan fingerprint density at radius 1 is 1.47 bits per heavy atom. The second-order valence-corrected chi connectivity index (χ2v) is 5.36. The van der Waals surface area contributed by atoms with Gasteiger partial charge in [0.15, 0.2) is 0 Å². The zero-order valence-electron chi connectivity index (χ0n) is 11.7. The number of nitriles is 1. The second kappa shape index (κ2) is 4.54. The van der Waals surface area contributed by atoms with Gasteiger partial charge in [0, 0.05) is 18.8 Å². The van der Waals surface area contributed by atoms with E-state index in [0.29, 0.717) is 24.5 Å². The van der Waals surface area contributed by atoms with E-state index in [1.54, 1.807) is 0 Å². The topological polar surface area (TPSA) is 69.0 Å². The first kappa shape index (κ1) is 13.3. The average molecular weight is 258 g/mol. The van der Waals surface area contributed by atoms with Crippen LogP contribution < -0.4 is 10.2 Å². The van der Waals surface area contributed by atoms with Crippen LogP contribution in [0.15, 0.2) is 6.07 Å². The number of aryl methyl sites for hydroxylation is 2. The van der Waals surface area contributed by atoms with Gasteiger partial charge in [-0.05, 0) is 39.3 Å². The molecule has 5 heteroatoms. The predicted molar refractivity (Wildman–Crippen MR) is 72.9 cm³/mol. The summed E-state index contributed by atoms with van der Waals surface area (Å²) in [4.78, 5) is 18.4. The molecule has 5 nitrogen and oxygen atoms in total. The Bertz CT molecular complexity index is 572. The highest BCUT2D eigenvalue weighted by Gasteiger charge is 2.39. The number of pyridine rings is 1. The minimum absolute atomic E-state index is 0.0383. The number of rotatable bonds is 1. The van der Waals surface area contributed by atoms with Crippen LogP contribution in [0.2, 0.25) is 0 Å². The maximum Gasteiger partial charge on any atom is 0.245 e. The van der Waals surface area contributed by atoms with Gasteiger partial charge in [0.05, 0.1) is 5.56 Å². The Morgan fingerprint density at radius 2 is 2.16 bits per heavy atom. The van der Waals surface area contributed by atoms with Crippen LogP contribution >= 0.6 is 0 Å². The van der Waals surface area contributed by atoms with Crippen molar-refractivity contribution < 1.29 is 4.79 Å². The molecule has 1 aliphatic rings. The van der Waals surface area contributed by atoms with Crippen molar-refractivity contribution in [2.75, 3.05) is 18.0 Å². The van der Waals surface area contributed by atoms with Gasteiger partial charge in [-0.3, -0.25) is 4.79 Å². The van der Waals surface area contributed by atoms with Crippen LogP contribution in [0.5, 0.6) is 0 Å². The third kappa shape index (κ3) is 2.14. The van der Waals surface area contributed by atoms with Crippen LogP contribution in [0.4, 0.5) is 5.82 Å². The van der Waals surface area contributed by atoms with Gasteiger partial charge in [-0.2, -0.15) is 5.26 Å². The molecule has 1 aliphatic heterocycles. The molecular weight excluding hydrogens is 240 g/mol. The molecule has 2 heterocycles. The monoisotopic (exact) mass is 258 g/mol. The molecule has 0 atom stereocenters. The van der Waals surface area contributed by atoms with E-state index in [0.717, 1.165) is 11.3 Å². The highest BCUT2D eigenvalue weighted by molar-refractivity contribution is 5.90. The van der Waals surface area contributed by atoms with E-state index in [2.05, 4.69) is 16.4 Å². The van der Waals surface area contributed by atoms with Crippen molar-refractivity contribution in [3.63, 3.8) is 0 Å². The lowest BCUT2D eigenvalue weighted by Gasteiger charge is -2.42. The summed E-state index contributed by atoms with van der Waals surface area (Å²) >= 11 is 0. The molecule has 1 aromatic heterocycles. The van der Waals surface area contributed by atoms with E-state index in [1.807, 2.05) is 38.7 Å². The number of aromatic nitrogens is 1. The smallest absolute Gasteiger partial charge is 0.245 e. The molecule has 1 saturated heterocycles. The molecule has 0 spiro atoms. The third-order valence-corrected chi connectivity index (χ3v) is 3.54. The number of amides is 1. The van der Waals surface area contributed by atoms with E-state index < -0.39 is 5.54 Å². The summed E-state index contributed by atoms with van der Waals surface area (Å²) in [5.41, 5.74) is 1.60. The number of hydrogen-bond donors (Lipinski definition) is 1. The number of hydrogen-bond acceptors (Lipinski definition) is 4. The zero-order chi connectivity index (χ0) is 14.2. The van der Waals surface area contributed by atoms with Crippen LogP contribution in [0.25, 0.3) is 0 Å². The first-order valence-corrected chi connectivity index (χ1v) is 6.32. The van der Waals surface area contributed by atoms with Gasteiger partial charge in [-0.15, -0.1) is 0 Å². The van der Waals surface area contributed by atoms with E-state index in [1.165, 1.54) is 0 Å². The van der Waals surface area contributed by atoms with Gasteiger partial charge in [0.25, 0.3) is 0 Å². The Kier molecular flexibility index (Phi) is 3.19. The Labute approximate surface area is 113 Å². The first-order valence-electron chi connectivity index (χ1n) is 6.32. The summed E-state index contributed by atoms with van der Waals surface area (Å²) in [5, 5.41) is 12.2. The van der Waals surface area contributed by atoms with Crippen molar-refractivity contribution in [2.45, 2.75) is 33.2 Å². The normalized spacial score (nSPS) is 17.8. The number of nitrogens with one attached hydrogen (secondary N) is 1. The fraction of sp³-hybridized carbons (Fsp3) is 0.500. The summed E-state index contributed by atoms with van der Waals surface area (Å²) < 4.78 is 0. The lowest BCUT2D eigenvalue weighted by atomic mass is 9.97. The van der Waals surface area contributed by atoms with E-state index in [9.17, 15) is 10.1 Å². The fourth-order valence-electron chi connectivity index (χ4n) is 2.42. The van der Waals surface area contributed by atoms with Crippen molar-refractivity contribution in [1.29, 1.82) is 5.26 Å². The molecule has 0 saturated carbocycles. The Balaban J connectivity index is 2.58. The average Bonchev–Trinajstić information content (AvgIpc) is 2.31. The Hall–Kier alpha value is -2.09. The molecule has 100 valence electrons. The molecule has 0 unspecified atom stereocenters. The van der Waals surface area contributed by atoms with Crippen molar-refractivity contribution in [3.05, 3.63) is 22.9 Å². The van der Waals surface area contributed by atoms with E-state index >= 15 is 0 Å². The molecule has 1 amide bonds. The van der Waals surface area contributed by atoms with Gasteiger partial charge in [-0.1, -0.05) is 0 Å². The molecular formula is C14H18N4O. The van der Waals surface area contributed by atoms with Crippen molar-refractivity contribution in [2.24, 2.45) is 0 Å². The number of carbonyl (C=O) groups excluding carboxylic acids is 1. The standard InChI is InChI=1S/C14H18N4O/c1-9-7-10(2)17-12(11(9)8-15)18-6-5-16-13(19)14(18,3)4/h7H,5-6H2,1-4H3,(H,16,19). The Morgan fingerprint density at radius 3 is 2.79 bits per heavy atom. The molecule has 19 heavy (non-hydrogen) atoms. The molecule has 0 bridgehead atoms. The molecule has 0 radical (unpaired) electrons. The van der Waals surface area contributed by atoms with Gasteiger partial charge in [0.2, 0.25) is 5.91 Å². The van der Waals surface area contributed by atoms with Gasteiger partial charge < -0.3 is 10.2 Å². The maximum absolute atomic E-state index is 12.0. The number of carbonyl (C=O) groups is 1. The zero-order valence-corrected chi connectivity index (χ0v) is 11.7. The SMILES string of the molecule is Cc1cc(C)c(C#N)c(N2CCNC(=O)C2(C)C)n1. The predicted octanol–water partition coefficient (Wildman–Crippen LogP) is 1.28. The van der Waals surface area contributed by atoms with Gasteiger partial charge in [-0.25, -0.2) is 4.98 Å². The van der Waals surface area contributed by atoms with Gasteiger partial charge in [0.1, 0.15) is 17.4 Å². The third-order valence-electron chi connectivity index (χ3n) is 3.54. The summed E-state index contributed by atoms with van der Waals surface area (Å²) in [6.07, 6.45) is 0. The molecule has 0 aliphatic carbocycles. The van der Waals surface area contributed by atoms with Crippen LogP contribution in [-0.2, 0) is 4.79 Å². The highest BCUT2D eigenvalue weighted by atomic mass is 16.2. The highest BCUT2D eigenvalue weighted by Crippen LogP contribution is 2.29. The molecule has 1 N–H and O–H groups in total. The minimum atomic E-state index is -0.697. The maximum atomic E-state index is 12.0. The van der Waals surface area contributed by atoms with E-state index in [-0.39, 0.29) is 5.91 Å².